The number of methoxy groups -OCH3 is 1. The number of para-hydroxylation sites is 1. The summed E-state index contributed by atoms with van der Waals surface area (Å²) >= 11 is 0. The summed E-state index contributed by atoms with van der Waals surface area (Å²) in [6.07, 6.45) is 5.37. The highest BCUT2D eigenvalue weighted by Gasteiger charge is 2.16. The largest absolute Gasteiger partial charge is 0.496 e. The molecule has 1 aromatic rings. The number of hydrogen-bond donors (Lipinski definition) is 1. The smallest absolute Gasteiger partial charge is 0.123 e. The Morgan fingerprint density at radius 3 is 2.95 bits per heavy atom. The molecule has 1 aromatic carbocycles. The van der Waals surface area contributed by atoms with Gasteiger partial charge in [0.25, 0.3) is 0 Å². The molecule has 3 heteroatoms. The fourth-order valence-electron chi connectivity index (χ4n) is 2.97. The summed E-state index contributed by atoms with van der Waals surface area (Å²) in [6.45, 7) is 6.83. The second-order valence-electron chi connectivity index (χ2n) is 5.72. The van der Waals surface area contributed by atoms with Crippen LogP contribution >= 0.6 is 0 Å². The van der Waals surface area contributed by atoms with Crippen molar-refractivity contribution in [3.63, 3.8) is 0 Å². The summed E-state index contributed by atoms with van der Waals surface area (Å²) in [5, 5.41) is 3.52. The lowest BCUT2D eigenvalue weighted by Gasteiger charge is -2.33. The van der Waals surface area contributed by atoms with E-state index < -0.39 is 0 Å². The monoisotopic (exact) mass is 276 g/mol. The van der Waals surface area contributed by atoms with Crippen LogP contribution in [0.3, 0.4) is 0 Å². The van der Waals surface area contributed by atoms with Crippen molar-refractivity contribution in [2.45, 2.75) is 45.2 Å². The van der Waals surface area contributed by atoms with E-state index in [1.807, 2.05) is 12.1 Å². The van der Waals surface area contributed by atoms with E-state index in [1.54, 1.807) is 7.11 Å². The van der Waals surface area contributed by atoms with Gasteiger partial charge in [-0.1, -0.05) is 24.6 Å². The zero-order valence-corrected chi connectivity index (χ0v) is 12.9. The third kappa shape index (κ3) is 4.50. The van der Waals surface area contributed by atoms with Crippen LogP contribution in [0.2, 0.25) is 0 Å². The molecule has 0 spiro atoms. The van der Waals surface area contributed by atoms with Crippen LogP contribution in [0.25, 0.3) is 0 Å². The number of nitrogens with one attached hydrogen (secondary N) is 1. The standard InChI is InChI=1S/C17H28N2O/c1-15-8-5-6-12-19(15)13-7-11-18-14-16-9-3-4-10-17(16)20-2/h3-4,9-10,15,18H,5-8,11-14H2,1-2H3. The van der Waals surface area contributed by atoms with Crippen LogP contribution in [0, 0.1) is 0 Å². The first kappa shape index (κ1) is 15.3. The van der Waals surface area contributed by atoms with Crippen LogP contribution in [-0.2, 0) is 6.54 Å². The van der Waals surface area contributed by atoms with Gasteiger partial charge in [-0.2, -0.15) is 0 Å². The van der Waals surface area contributed by atoms with E-state index in [4.69, 9.17) is 4.74 Å². The van der Waals surface area contributed by atoms with Gasteiger partial charge in [0.1, 0.15) is 5.75 Å². The van der Waals surface area contributed by atoms with Crippen LogP contribution in [0.15, 0.2) is 24.3 Å². The average molecular weight is 276 g/mol. The first-order chi connectivity index (χ1) is 9.81. The Labute approximate surface area is 123 Å². The van der Waals surface area contributed by atoms with Crippen LogP contribution in [0.5, 0.6) is 5.75 Å². The number of nitrogens with zero attached hydrogens (tertiary/aromatic N) is 1. The molecule has 0 radical (unpaired) electrons. The molecule has 0 aromatic heterocycles. The Kier molecular flexibility index (Phi) is 6.34. The van der Waals surface area contributed by atoms with Gasteiger partial charge in [-0.25, -0.2) is 0 Å². The van der Waals surface area contributed by atoms with E-state index in [0.29, 0.717) is 0 Å². The fourth-order valence-corrected chi connectivity index (χ4v) is 2.97. The van der Waals surface area contributed by atoms with Gasteiger partial charge in [0.15, 0.2) is 0 Å². The van der Waals surface area contributed by atoms with Gasteiger partial charge >= 0.3 is 0 Å². The lowest BCUT2D eigenvalue weighted by atomic mass is 10.0. The van der Waals surface area contributed by atoms with E-state index in [-0.39, 0.29) is 0 Å². The van der Waals surface area contributed by atoms with Crippen molar-refractivity contribution >= 4 is 0 Å². The average Bonchev–Trinajstić information content (AvgIpc) is 2.49. The van der Waals surface area contributed by atoms with Crippen molar-refractivity contribution in [2.24, 2.45) is 0 Å². The molecule has 1 atom stereocenters. The minimum atomic E-state index is 0.776. The number of benzene rings is 1. The van der Waals surface area contributed by atoms with Crippen molar-refractivity contribution < 1.29 is 4.74 Å². The topological polar surface area (TPSA) is 24.5 Å². The fraction of sp³-hybridized carbons (Fsp3) is 0.647. The SMILES string of the molecule is COc1ccccc1CNCCCN1CCCCC1C. The lowest BCUT2D eigenvalue weighted by molar-refractivity contribution is 0.159. The molecule has 1 unspecified atom stereocenters. The molecule has 1 fully saturated rings. The Balaban J connectivity index is 1.64. The number of hydrogen-bond acceptors (Lipinski definition) is 3. The van der Waals surface area contributed by atoms with Crippen molar-refractivity contribution in [3.8, 4) is 5.75 Å². The molecule has 1 saturated heterocycles. The summed E-state index contributed by atoms with van der Waals surface area (Å²) in [6, 6.07) is 9.00. The zero-order valence-electron chi connectivity index (χ0n) is 12.9. The molecule has 0 amide bonds. The maximum Gasteiger partial charge on any atom is 0.123 e. The van der Waals surface area contributed by atoms with Gasteiger partial charge in [-0.3, -0.25) is 0 Å². The zero-order chi connectivity index (χ0) is 14.2. The Morgan fingerprint density at radius 1 is 1.30 bits per heavy atom. The molecule has 112 valence electrons. The highest BCUT2D eigenvalue weighted by atomic mass is 16.5. The summed E-state index contributed by atoms with van der Waals surface area (Å²) in [5.74, 6) is 0.977. The van der Waals surface area contributed by atoms with E-state index in [9.17, 15) is 0 Å². The second-order valence-corrected chi connectivity index (χ2v) is 5.72. The molecule has 1 aliphatic rings. The molecule has 1 heterocycles. The lowest BCUT2D eigenvalue weighted by Crippen LogP contribution is -2.38. The summed E-state index contributed by atoms with van der Waals surface area (Å²) in [7, 11) is 1.73. The molecule has 0 saturated carbocycles. The number of likely N-dealkylation sites (tertiary alicyclic amines) is 1. The Bertz CT molecular complexity index is 394. The normalized spacial score (nSPS) is 20.0. The third-order valence-electron chi connectivity index (χ3n) is 4.25. The van der Waals surface area contributed by atoms with Gasteiger partial charge in [0.2, 0.25) is 0 Å². The molecule has 0 aliphatic carbocycles. The van der Waals surface area contributed by atoms with Gasteiger partial charge < -0.3 is 15.0 Å². The van der Waals surface area contributed by atoms with Crippen LogP contribution in [-0.4, -0.2) is 37.7 Å². The number of piperidine rings is 1. The van der Waals surface area contributed by atoms with Crippen LogP contribution < -0.4 is 10.1 Å². The summed E-state index contributed by atoms with van der Waals surface area (Å²) in [4.78, 5) is 2.63. The van der Waals surface area contributed by atoms with E-state index in [1.165, 1.54) is 44.3 Å². The van der Waals surface area contributed by atoms with Gasteiger partial charge in [0.05, 0.1) is 7.11 Å². The summed E-state index contributed by atoms with van der Waals surface area (Å²) < 4.78 is 5.36. The molecule has 2 rings (SSSR count). The molecule has 1 aliphatic heterocycles. The quantitative estimate of drug-likeness (QED) is 0.775. The van der Waals surface area contributed by atoms with Gasteiger partial charge in [-0.15, -0.1) is 0 Å². The van der Waals surface area contributed by atoms with Crippen LogP contribution in [0.1, 0.15) is 38.2 Å². The molecular formula is C17H28N2O. The predicted molar refractivity (Wildman–Crippen MR) is 84.2 cm³/mol. The maximum absolute atomic E-state index is 5.36. The maximum atomic E-state index is 5.36. The Hall–Kier alpha value is -1.06. The first-order valence-corrected chi connectivity index (χ1v) is 7.88. The van der Waals surface area contributed by atoms with E-state index >= 15 is 0 Å². The first-order valence-electron chi connectivity index (χ1n) is 7.88. The highest BCUT2D eigenvalue weighted by Crippen LogP contribution is 2.17. The van der Waals surface area contributed by atoms with Crippen molar-refractivity contribution in [1.82, 2.24) is 10.2 Å². The van der Waals surface area contributed by atoms with Gasteiger partial charge in [-0.05, 0) is 51.9 Å². The van der Waals surface area contributed by atoms with Crippen LogP contribution in [0.4, 0.5) is 0 Å². The Morgan fingerprint density at radius 2 is 2.15 bits per heavy atom. The number of ether oxygens (including phenoxy) is 1. The molecular weight excluding hydrogens is 248 g/mol. The minimum Gasteiger partial charge on any atom is -0.496 e. The van der Waals surface area contributed by atoms with Crippen molar-refractivity contribution in [3.05, 3.63) is 29.8 Å². The van der Waals surface area contributed by atoms with E-state index in [2.05, 4.69) is 29.3 Å². The molecule has 3 nitrogen and oxygen atoms in total. The van der Waals surface area contributed by atoms with Crippen molar-refractivity contribution in [1.29, 1.82) is 0 Å². The highest BCUT2D eigenvalue weighted by molar-refractivity contribution is 5.32. The molecule has 20 heavy (non-hydrogen) atoms. The number of rotatable bonds is 7. The third-order valence-corrected chi connectivity index (χ3v) is 4.25. The minimum absolute atomic E-state index is 0.776. The van der Waals surface area contributed by atoms with Crippen molar-refractivity contribution in [2.75, 3.05) is 26.7 Å². The molecule has 1 N–H and O–H groups in total. The summed E-state index contributed by atoms with van der Waals surface area (Å²) in [5.41, 5.74) is 1.24. The van der Waals surface area contributed by atoms with Gasteiger partial charge in [0, 0.05) is 18.2 Å². The van der Waals surface area contributed by atoms with E-state index in [0.717, 1.165) is 24.9 Å². The molecule has 0 bridgehead atoms. The second kappa shape index (κ2) is 8.28. The predicted octanol–water partition coefficient (Wildman–Crippen LogP) is 3.05.